The molecule has 1 fully saturated rings. The highest BCUT2D eigenvalue weighted by atomic mass is 32.2. The lowest BCUT2D eigenvalue weighted by atomic mass is 9.91. The Balaban J connectivity index is 1.23. The number of phenols is 1. The Morgan fingerprint density at radius 3 is 2.49 bits per heavy atom. The highest BCUT2D eigenvalue weighted by molar-refractivity contribution is 7.99. The van der Waals surface area contributed by atoms with Gasteiger partial charge in [-0.2, -0.15) is 4.68 Å². The first-order valence-electron chi connectivity index (χ1n) is 15.8. The van der Waals surface area contributed by atoms with Gasteiger partial charge in [-0.1, -0.05) is 92.0 Å². The molecule has 11 nitrogen and oxygen atoms in total. The van der Waals surface area contributed by atoms with Crippen molar-refractivity contribution in [1.29, 1.82) is 0 Å². The summed E-state index contributed by atoms with van der Waals surface area (Å²) in [7, 11) is 0. The molecule has 1 saturated heterocycles. The number of hydrogen-bond donors (Lipinski definition) is 3. The number of benzene rings is 4. The van der Waals surface area contributed by atoms with Gasteiger partial charge in [-0.25, -0.2) is 4.79 Å². The molecule has 0 spiro atoms. The van der Waals surface area contributed by atoms with Crippen LogP contribution in [0.25, 0.3) is 16.8 Å². The van der Waals surface area contributed by atoms with Crippen molar-refractivity contribution in [3.8, 4) is 22.6 Å². The third-order valence-corrected chi connectivity index (χ3v) is 9.23. The van der Waals surface area contributed by atoms with E-state index in [9.17, 15) is 15.0 Å². The standard InChI is InChI=1S/C37H37N5O6S/c1-3-18-46-37(45)38-21-26-6-4-7-28(19-26)29-8-5-9-30(20-29)35-47-33(24(2)34(48-35)27-12-10-25(22-43)11-13-27)23-49-36-39-40-41-42(36)31-14-16-32(44)17-15-31/h3-17,19-20,24,33-35,43-44H,1,18,21-23H2,2H3,(H,38,45). The Labute approximate surface area is 288 Å². The van der Waals surface area contributed by atoms with Crippen LogP contribution in [0.5, 0.6) is 5.75 Å². The van der Waals surface area contributed by atoms with E-state index in [-0.39, 0.29) is 37.1 Å². The molecule has 1 amide bonds. The summed E-state index contributed by atoms with van der Waals surface area (Å²) in [4.78, 5) is 11.9. The quantitative estimate of drug-likeness (QED) is 0.0986. The number of thioether (sulfide) groups is 1. The molecular formula is C37H37N5O6S. The molecule has 0 bridgehead atoms. The summed E-state index contributed by atoms with van der Waals surface area (Å²) in [6.07, 6.45) is -0.174. The van der Waals surface area contributed by atoms with Crippen molar-refractivity contribution in [3.63, 3.8) is 0 Å². The van der Waals surface area contributed by atoms with Gasteiger partial charge < -0.3 is 29.7 Å². The monoisotopic (exact) mass is 679 g/mol. The lowest BCUT2D eigenvalue weighted by molar-refractivity contribution is -0.268. The highest BCUT2D eigenvalue weighted by Crippen LogP contribution is 2.43. The smallest absolute Gasteiger partial charge is 0.407 e. The number of aromatic nitrogens is 4. The number of ether oxygens (including phenoxy) is 3. The van der Waals surface area contributed by atoms with Gasteiger partial charge in [0.15, 0.2) is 6.29 Å². The number of tetrazole rings is 1. The maximum atomic E-state index is 11.9. The fourth-order valence-corrected chi connectivity index (χ4v) is 6.63. The summed E-state index contributed by atoms with van der Waals surface area (Å²) in [6, 6.07) is 30.5. The average Bonchev–Trinajstić information content (AvgIpc) is 3.62. The third-order valence-electron chi connectivity index (χ3n) is 8.22. The maximum absolute atomic E-state index is 11.9. The van der Waals surface area contributed by atoms with Gasteiger partial charge in [0, 0.05) is 23.8 Å². The molecule has 1 aliphatic heterocycles. The summed E-state index contributed by atoms with van der Waals surface area (Å²) >= 11 is 1.48. The van der Waals surface area contributed by atoms with Crippen molar-refractivity contribution in [1.82, 2.24) is 25.5 Å². The molecule has 4 atom stereocenters. The molecule has 2 heterocycles. The Morgan fingerprint density at radius 1 is 0.980 bits per heavy atom. The van der Waals surface area contributed by atoms with Crippen LogP contribution in [0.4, 0.5) is 4.79 Å². The number of aliphatic hydroxyl groups excluding tert-OH is 1. The molecule has 1 aliphatic rings. The zero-order valence-electron chi connectivity index (χ0n) is 26.9. The van der Waals surface area contributed by atoms with Gasteiger partial charge in [0.1, 0.15) is 12.4 Å². The summed E-state index contributed by atoms with van der Waals surface area (Å²) in [5.41, 5.74) is 6.29. The molecule has 4 aromatic carbocycles. The van der Waals surface area contributed by atoms with Crippen molar-refractivity contribution >= 4 is 17.9 Å². The highest BCUT2D eigenvalue weighted by Gasteiger charge is 2.38. The van der Waals surface area contributed by atoms with E-state index >= 15 is 0 Å². The summed E-state index contributed by atoms with van der Waals surface area (Å²) in [6.45, 7) is 6.10. The van der Waals surface area contributed by atoms with Gasteiger partial charge in [0.05, 0.1) is 24.5 Å². The second-order valence-corrected chi connectivity index (χ2v) is 12.6. The van der Waals surface area contributed by atoms with Crippen molar-refractivity contribution in [2.24, 2.45) is 5.92 Å². The first kappa shape index (κ1) is 33.9. The van der Waals surface area contributed by atoms with Crippen LogP contribution in [-0.4, -0.2) is 55.0 Å². The lowest BCUT2D eigenvalue weighted by Gasteiger charge is -2.41. The topological polar surface area (TPSA) is 141 Å². The number of amides is 1. The fraction of sp³-hybridized carbons (Fsp3) is 0.243. The van der Waals surface area contributed by atoms with Gasteiger partial charge in [-0.3, -0.25) is 0 Å². The minimum Gasteiger partial charge on any atom is -0.508 e. The number of phenolic OH excluding ortho intramolecular Hbond substituents is 1. The van der Waals surface area contributed by atoms with Crippen LogP contribution in [-0.2, 0) is 27.4 Å². The van der Waals surface area contributed by atoms with Crippen molar-refractivity contribution < 1.29 is 29.2 Å². The number of hydrogen-bond acceptors (Lipinski definition) is 10. The van der Waals surface area contributed by atoms with Gasteiger partial charge in [-0.05, 0) is 74.6 Å². The van der Waals surface area contributed by atoms with E-state index in [0.29, 0.717) is 17.5 Å². The van der Waals surface area contributed by atoms with E-state index in [2.05, 4.69) is 40.4 Å². The predicted octanol–water partition coefficient (Wildman–Crippen LogP) is 6.52. The molecule has 49 heavy (non-hydrogen) atoms. The molecule has 4 unspecified atom stereocenters. The Morgan fingerprint density at radius 2 is 1.73 bits per heavy atom. The largest absolute Gasteiger partial charge is 0.508 e. The second kappa shape index (κ2) is 15.9. The van der Waals surface area contributed by atoms with Crippen molar-refractivity contribution in [3.05, 3.63) is 132 Å². The van der Waals surface area contributed by atoms with Crippen molar-refractivity contribution in [2.75, 3.05) is 12.4 Å². The van der Waals surface area contributed by atoms with Crippen LogP contribution in [0.3, 0.4) is 0 Å². The number of aliphatic hydroxyl groups is 1. The lowest BCUT2D eigenvalue weighted by Crippen LogP contribution is -2.38. The van der Waals surface area contributed by atoms with Crippen LogP contribution >= 0.6 is 11.8 Å². The molecule has 0 saturated carbocycles. The van der Waals surface area contributed by atoms with E-state index < -0.39 is 12.4 Å². The SMILES string of the molecule is C=CCOC(=O)NCc1cccc(-c2cccc(C3OC(CSc4nnnn4-c4ccc(O)cc4)C(C)C(c4ccc(CO)cc4)O3)c2)c1. The summed E-state index contributed by atoms with van der Waals surface area (Å²) in [5, 5.41) is 35.0. The summed E-state index contributed by atoms with van der Waals surface area (Å²) in [5.74, 6) is 0.677. The zero-order valence-corrected chi connectivity index (χ0v) is 27.7. The number of carbonyl (C=O) groups excluding carboxylic acids is 1. The number of alkyl carbamates (subject to hydrolysis) is 1. The second-order valence-electron chi connectivity index (χ2n) is 11.6. The number of nitrogens with zero attached hydrogens (tertiary/aromatic N) is 4. The Kier molecular flexibility index (Phi) is 11.0. The summed E-state index contributed by atoms with van der Waals surface area (Å²) < 4.78 is 20.0. The Hall–Kier alpha value is -5.01. The minimum absolute atomic E-state index is 0.0349. The van der Waals surface area contributed by atoms with Gasteiger partial charge in [-0.15, -0.1) is 5.10 Å². The Bertz CT molecular complexity index is 1870. The molecule has 3 N–H and O–H groups in total. The fourth-order valence-electron chi connectivity index (χ4n) is 5.58. The molecule has 6 rings (SSSR count). The van der Waals surface area contributed by atoms with Crippen LogP contribution in [0.2, 0.25) is 0 Å². The van der Waals surface area contributed by atoms with E-state index in [0.717, 1.165) is 39.1 Å². The number of carbonyl (C=O) groups is 1. The number of rotatable bonds is 12. The molecule has 1 aromatic heterocycles. The first-order chi connectivity index (χ1) is 23.9. The van der Waals surface area contributed by atoms with Crippen LogP contribution in [0.15, 0.2) is 115 Å². The predicted molar refractivity (Wildman–Crippen MR) is 185 cm³/mol. The molecular weight excluding hydrogens is 643 g/mol. The molecule has 0 aliphatic carbocycles. The van der Waals surface area contributed by atoms with Crippen molar-refractivity contribution in [2.45, 2.75) is 43.7 Å². The minimum atomic E-state index is -0.665. The zero-order chi connectivity index (χ0) is 34.2. The first-order valence-corrected chi connectivity index (χ1v) is 16.8. The molecule has 0 radical (unpaired) electrons. The molecule has 252 valence electrons. The number of nitrogens with one attached hydrogen (secondary N) is 1. The van der Waals surface area contributed by atoms with Crippen LogP contribution in [0, 0.1) is 5.92 Å². The van der Waals surface area contributed by atoms with Gasteiger partial charge in [0.25, 0.3) is 0 Å². The molecule has 5 aromatic rings. The maximum Gasteiger partial charge on any atom is 0.407 e. The van der Waals surface area contributed by atoms with Gasteiger partial charge >= 0.3 is 6.09 Å². The van der Waals surface area contributed by atoms with E-state index in [1.165, 1.54) is 17.8 Å². The van der Waals surface area contributed by atoms with Gasteiger partial charge in [0.2, 0.25) is 5.16 Å². The average molecular weight is 680 g/mol. The number of aromatic hydroxyl groups is 1. The van der Waals surface area contributed by atoms with E-state index in [1.807, 2.05) is 66.7 Å². The van der Waals surface area contributed by atoms with Crippen LogP contribution in [0.1, 0.15) is 41.6 Å². The normalized spacial score (nSPS) is 18.9. The molecule has 12 heteroatoms. The van der Waals surface area contributed by atoms with E-state index in [4.69, 9.17) is 14.2 Å². The third kappa shape index (κ3) is 8.35. The van der Waals surface area contributed by atoms with E-state index in [1.54, 1.807) is 28.9 Å². The van der Waals surface area contributed by atoms with Crippen LogP contribution < -0.4 is 5.32 Å².